The van der Waals surface area contributed by atoms with Crippen LogP contribution in [0.15, 0.2) is 12.2 Å². The first-order chi connectivity index (χ1) is 13.3. The number of hydrogen-bond donors (Lipinski definition) is 0. The molecule has 0 aromatic carbocycles. The van der Waals surface area contributed by atoms with Gasteiger partial charge in [0.2, 0.25) is 0 Å². The normalized spacial score (nSPS) is 38.3. The maximum absolute atomic E-state index is 6.12. The molecule has 0 amide bonds. The summed E-state index contributed by atoms with van der Waals surface area (Å²) in [5, 5.41) is 0. The largest absolute Gasteiger partial charge is 0.352 e. The van der Waals surface area contributed by atoms with Crippen molar-refractivity contribution in [1.82, 2.24) is 0 Å². The van der Waals surface area contributed by atoms with E-state index in [0.717, 1.165) is 45.2 Å². The summed E-state index contributed by atoms with van der Waals surface area (Å²) in [4.78, 5) is 0. The Bertz CT molecular complexity index is 414. The van der Waals surface area contributed by atoms with Gasteiger partial charge in [0.05, 0.1) is 26.4 Å². The van der Waals surface area contributed by atoms with Crippen molar-refractivity contribution in [2.45, 2.75) is 84.2 Å². The van der Waals surface area contributed by atoms with Crippen LogP contribution in [0.3, 0.4) is 0 Å². The third-order valence-corrected chi connectivity index (χ3v) is 6.50. The molecule has 2 saturated heterocycles. The van der Waals surface area contributed by atoms with Crippen LogP contribution in [0.5, 0.6) is 0 Å². The van der Waals surface area contributed by atoms with Gasteiger partial charge in [-0.1, -0.05) is 38.3 Å². The highest BCUT2D eigenvalue weighted by molar-refractivity contribution is 4.86. The summed E-state index contributed by atoms with van der Waals surface area (Å²) in [6, 6.07) is 0. The highest BCUT2D eigenvalue weighted by atomic mass is 16.7. The van der Waals surface area contributed by atoms with Gasteiger partial charge in [0.15, 0.2) is 12.6 Å². The van der Waals surface area contributed by atoms with Crippen molar-refractivity contribution in [3.63, 3.8) is 0 Å². The second kappa shape index (κ2) is 11.5. The van der Waals surface area contributed by atoms with Crippen molar-refractivity contribution >= 4 is 0 Å². The Morgan fingerprint density at radius 2 is 1.48 bits per heavy atom. The Kier molecular flexibility index (Phi) is 9.11. The zero-order chi connectivity index (χ0) is 18.9. The minimum Gasteiger partial charge on any atom is -0.352 e. The standard InChI is InChI=1S/C23H40O4/c1-3-5-7-18-8-11-21(12-9-18)23-26-16-20(17-27-23)10-13-22-24-14-19(6-4-2)15-25-22/h4,6,18-23H,3,5,7-17H2,1-2H3/b6-4+/t18-,19-,20-,21-,22-,23-. The molecule has 0 spiro atoms. The van der Waals surface area contributed by atoms with E-state index in [1.54, 1.807) is 0 Å². The Balaban J connectivity index is 1.27. The Labute approximate surface area is 166 Å². The number of allylic oxidation sites excluding steroid dienone is 1. The first-order valence-corrected chi connectivity index (χ1v) is 11.4. The van der Waals surface area contributed by atoms with Crippen molar-refractivity contribution in [2.24, 2.45) is 23.7 Å². The molecule has 156 valence electrons. The molecule has 0 radical (unpaired) electrons. The van der Waals surface area contributed by atoms with Crippen molar-refractivity contribution in [3.8, 4) is 0 Å². The van der Waals surface area contributed by atoms with Crippen LogP contribution in [0, 0.1) is 23.7 Å². The van der Waals surface area contributed by atoms with Crippen LogP contribution in [0.1, 0.15) is 71.6 Å². The van der Waals surface area contributed by atoms with Crippen molar-refractivity contribution in [1.29, 1.82) is 0 Å². The Hall–Kier alpha value is -0.420. The van der Waals surface area contributed by atoms with E-state index in [1.807, 2.05) is 6.92 Å². The van der Waals surface area contributed by atoms with E-state index in [4.69, 9.17) is 18.9 Å². The topological polar surface area (TPSA) is 36.9 Å². The molecule has 0 bridgehead atoms. The molecule has 4 nitrogen and oxygen atoms in total. The molecule has 0 aromatic rings. The maximum atomic E-state index is 6.12. The number of rotatable bonds is 8. The lowest BCUT2D eigenvalue weighted by Gasteiger charge is -2.38. The number of hydrogen-bond acceptors (Lipinski definition) is 4. The molecule has 0 aromatic heterocycles. The molecule has 0 unspecified atom stereocenters. The van der Waals surface area contributed by atoms with E-state index < -0.39 is 0 Å². The monoisotopic (exact) mass is 380 g/mol. The molecule has 0 N–H and O–H groups in total. The molecule has 1 saturated carbocycles. The molecule has 4 heteroatoms. The first-order valence-electron chi connectivity index (χ1n) is 11.4. The maximum Gasteiger partial charge on any atom is 0.160 e. The van der Waals surface area contributed by atoms with Crippen molar-refractivity contribution in [3.05, 3.63) is 12.2 Å². The smallest absolute Gasteiger partial charge is 0.160 e. The van der Waals surface area contributed by atoms with Gasteiger partial charge in [-0.15, -0.1) is 0 Å². The van der Waals surface area contributed by atoms with Crippen LogP contribution < -0.4 is 0 Å². The molecule has 1 aliphatic carbocycles. The summed E-state index contributed by atoms with van der Waals surface area (Å²) >= 11 is 0. The quantitative estimate of drug-likeness (QED) is 0.534. The fourth-order valence-electron chi connectivity index (χ4n) is 4.72. The fraction of sp³-hybridized carbons (Fsp3) is 0.913. The van der Waals surface area contributed by atoms with Crippen molar-refractivity contribution < 1.29 is 18.9 Å². The summed E-state index contributed by atoms with van der Waals surface area (Å²) in [7, 11) is 0. The zero-order valence-electron chi connectivity index (χ0n) is 17.4. The molecular weight excluding hydrogens is 340 g/mol. The minimum absolute atomic E-state index is 0.0390. The summed E-state index contributed by atoms with van der Waals surface area (Å²) in [5.41, 5.74) is 0. The summed E-state index contributed by atoms with van der Waals surface area (Å²) < 4.78 is 23.9. The van der Waals surface area contributed by atoms with Gasteiger partial charge in [-0.2, -0.15) is 0 Å². The fourth-order valence-corrected chi connectivity index (χ4v) is 4.72. The number of ether oxygens (including phenoxy) is 4. The van der Waals surface area contributed by atoms with E-state index in [1.165, 1.54) is 44.9 Å². The van der Waals surface area contributed by atoms with Crippen LogP contribution in [-0.2, 0) is 18.9 Å². The lowest BCUT2D eigenvalue weighted by atomic mass is 9.79. The van der Waals surface area contributed by atoms with E-state index in [0.29, 0.717) is 17.8 Å². The van der Waals surface area contributed by atoms with Gasteiger partial charge >= 0.3 is 0 Å². The SMILES string of the molecule is C/C=C/[C@H]1CO[C@H](CC[C@H]2CO[C@H]([C@H]3CC[C@H](CCCC)CC3)OC2)OC1. The van der Waals surface area contributed by atoms with Crippen LogP contribution in [0.2, 0.25) is 0 Å². The Morgan fingerprint density at radius 3 is 2.11 bits per heavy atom. The lowest BCUT2D eigenvalue weighted by Crippen LogP contribution is -2.39. The van der Waals surface area contributed by atoms with E-state index in [9.17, 15) is 0 Å². The van der Waals surface area contributed by atoms with Gasteiger partial charge in [-0.25, -0.2) is 0 Å². The molecule has 3 rings (SSSR count). The van der Waals surface area contributed by atoms with Gasteiger partial charge in [0, 0.05) is 17.8 Å². The van der Waals surface area contributed by atoms with Crippen LogP contribution in [-0.4, -0.2) is 39.0 Å². The summed E-state index contributed by atoms with van der Waals surface area (Å²) in [5.74, 6) is 2.44. The predicted molar refractivity (Wildman–Crippen MR) is 107 cm³/mol. The van der Waals surface area contributed by atoms with Crippen molar-refractivity contribution in [2.75, 3.05) is 26.4 Å². The highest BCUT2D eigenvalue weighted by Crippen LogP contribution is 2.36. The van der Waals surface area contributed by atoms with E-state index in [2.05, 4.69) is 19.1 Å². The second-order valence-electron chi connectivity index (χ2n) is 8.78. The summed E-state index contributed by atoms with van der Waals surface area (Å²) in [6.45, 7) is 7.54. The van der Waals surface area contributed by atoms with E-state index >= 15 is 0 Å². The molecule has 3 aliphatic rings. The average Bonchev–Trinajstić information content (AvgIpc) is 2.73. The average molecular weight is 381 g/mol. The van der Waals surface area contributed by atoms with Crippen LogP contribution >= 0.6 is 0 Å². The molecule has 3 fully saturated rings. The molecular formula is C23H40O4. The van der Waals surface area contributed by atoms with Gasteiger partial charge in [-0.05, 0) is 51.4 Å². The molecule has 0 atom stereocenters. The van der Waals surface area contributed by atoms with Crippen LogP contribution in [0.25, 0.3) is 0 Å². The van der Waals surface area contributed by atoms with E-state index in [-0.39, 0.29) is 12.6 Å². The van der Waals surface area contributed by atoms with Gasteiger partial charge in [-0.3, -0.25) is 0 Å². The first kappa shape index (κ1) is 21.3. The molecule has 2 aliphatic heterocycles. The highest BCUT2D eigenvalue weighted by Gasteiger charge is 2.32. The number of unbranched alkanes of at least 4 members (excludes halogenated alkanes) is 1. The van der Waals surface area contributed by atoms with Gasteiger partial charge in [0.25, 0.3) is 0 Å². The van der Waals surface area contributed by atoms with Gasteiger partial charge in [0.1, 0.15) is 0 Å². The second-order valence-corrected chi connectivity index (χ2v) is 8.78. The molecule has 27 heavy (non-hydrogen) atoms. The Morgan fingerprint density at radius 1 is 0.778 bits per heavy atom. The zero-order valence-corrected chi connectivity index (χ0v) is 17.4. The van der Waals surface area contributed by atoms with Gasteiger partial charge < -0.3 is 18.9 Å². The minimum atomic E-state index is -0.0531. The third kappa shape index (κ3) is 6.85. The van der Waals surface area contributed by atoms with Crippen LogP contribution in [0.4, 0.5) is 0 Å². The summed E-state index contributed by atoms with van der Waals surface area (Å²) in [6.07, 6.45) is 15.6. The predicted octanol–water partition coefficient (Wildman–Crippen LogP) is 5.32. The third-order valence-electron chi connectivity index (χ3n) is 6.50. The molecule has 2 heterocycles. The lowest BCUT2D eigenvalue weighted by molar-refractivity contribution is -0.235.